The van der Waals surface area contributed by atoms with Crippen LogP contribution in [0, 0.1) is 0 Å². The van der Waals surface area contributed by atoms with E-state index in [4.69, 9.17) is 9.47 Å². The Hall–Kier alpha value is -4.27. The lowest BCUT2D eigenvalue weighted by Crippen LogP contribution is -2.43. The molecule has 0 radical (unpaired) electrons. The highest BCUT2D eigenvalue weighted by Gasteiger charge is 2.62. The van der Waals surface area contributed by atoms with Crippen LogP contribution in [-0.4, -0.2) is 53.4 Å². The quantitative estimate of drug-likeness (QED) is 0.266. The van der Waals surface area contributed by atoms with Gasteiger partial charge < -0.3 is 19.7 Å². The molecular formula is C28H26F5N5O4S. The molecule has 3 heterocycles. The van der Waals surface area contributed by atoms with Crippen LogP contribution in [0.5, 0.6) is 11.5 Å². The lowest BCUT2D eigenvalue weighted by atomic mass is 10.1. The Morgan fingerprint density at radius 1 is 1.07 bits per heavy atom. The van der Waals surface area contributed by atoms with Gasteiger partial charge >= 0.3 is 12.1 Å². The highest BCUT2D eigenvalue weighted by molar-refractivity contribution is 7.21. The Bertz CT molecular complexity index is 1690. The second kappa shape index (κ2) is 11.8. The van der Waals surface area contributed by atoms with Crippen LogP contribution in [0.25, 0.3) is 10.3 Å². The SMILES string of the molecule is COc1ccc(Cn2c(C(F)(F)C(F)(F)F)nc3sc(N4CCCC4C(=O)NCc4ccccc4)nc3c2=O)c(OC)c1. The van der Waals surface area contributed by atoms with Crippen LogP contribution >= 0.6 is 11.3 Å². The number of anilines is 1. The maximum atomic E-state index is 14.9. The molecule has 1 N–H and O–H groups in total. The van der Waals surface area contributed by atoms with Gasteiger partial charge in [0.1, 0.15) is 17.5 Å². The number of methoxy groups -OCH3 is 2. The standard InChI is InChI=1S/C28H26F5N5O4S/c1-41-18-11-10-17(20(13-18)42-2)15-38-24(40)21-23(36-25(38)27(29,30)28(31,32)33)43-26(35-21)37-12-6-9-19(37)22(39)34-14-16-7-4-3-5-8-16/h3-5,7-8,10-11,13,19H,6,9,12,14-15H2,1-2H3,(H,34,39). The number of carbonyl (C=O) groups is 1. The molecule has 4 aromatic rings. The van der Waals surface area contributed by atoms with Gasteiger partial charge in [0.15, 0.2) is 21.3 Å². The van der Waals surface area contributed by atoms with Crippen LogP contribution in [0.1, 0.15) is 29.8 Å². The molecule has 9 nitrogen and oxygen atoms in total. The van der Waals surface area contributed by atoms with Crippen LogP contribution in [0.15, 0.2) is 53.3 Å². The molecule has 5 rings (SSSR count). The molecule has 15 heteroatoms. The monoisotopic (exact) mass is 623 g/mol. The van der Waals surface area contributed by atoms with Crippen LogP contribution in [-0.2, 0) is 23.8 Å². The second-order valence-electron chi connectivity index (χ2n) is 9.78. The highest BCUT2D eigenvalue weighted by atomic mass is 32.1. The fourth-order valence-corrected chi connectivity index (χ4v) is 5.86. The molecule has 0 aliphatic carbocycles. The van der Waals surface area contributed by atoms with Crippen LogP contribution in [0.3, 0.4) is 0 Å². The van der Waals surface area contributed by atoms with Gasteiger partial charge in [0.05, 0.1) is 20.8 Å². The number of rotatable bonds is 9. The molecule has 1 amide bonds. The Morgan fingerprint density at radius 2 is 1.81 bits per heavy atom. The number of halogens is 5. The molecule has 1 aliphatic heterocycles. The van der Waals surface area contributed by atoms with E-state index in [9.17, 15) is 31.5 Å². The fraction of sp³-hybridized carbons (Fsp3) is 0.357. The van der Waals surface area contributed by atoms with Crippen molar-refractivity contribution in [2.24, 2.45) is 0 Å². The van der Waals surface area contributed by atoms with Crippen molar-refractivity contribution in [1.29, 1.82) is 0 Å². The van der Waals surface area contributed by atoms with E-state index in [-0.39, 0.29) is 39.0 Å². The summed E-state index contributed by atoms with van der Waals surface area (Å²) in [6.07, 6.45) is -4.97. The summed E-state index contributed by atoms with van der Waals surface area (Å²) in [5, 5.41) is 2.98. The molecular weight excluding hydrogens is 597 g/mol. The van der Waals surface area contributed by atoms with Gasteiger partial charge in [0.25, 0.3) is 5.56 Å². The fourth-order valence-electron chi connectivity index (χ4n) is 4.86. The van der Waals surface area contributed by atoms with Crippen molar-refractivity contribution in [3.63, 3.8) is 0 Å². The maximum Gasteiger partial charge on any atom is 0.461 e. The topological polar surface area (TPSA) is 98.6 Å². The average Bonchev–Trinajstić information content (AvgIpc) is 3.65. The van der Waals surface area contributed by atoms with Gasteiger partial charge in [-0.25, -0.2) is 9.97 Å². The van der Waals surface area contributed by atoms with E-state index in [1.54, 1.807) is 4.90 Å². The molecule has 0 saturated carbocycles. The van der Waals surface area contributed by atoms with Crippen molar-refractivity contribution < 1.29 is 36.2 Å². The number of thiazole rings is 1. The van der Waals surface area contributed by atoms with Gasteiger partial charge in [-0.3, -0.25) is 14.2 Å². The van der Waals surface area contributed by atoms with E-state index in [2.05, 4.69) is 15.3 Å². The average molecular weight is 624 g/mol. The van der Waals surface area contributed by atoms with E-state index in [1.165, 1.54) is 32.4 Å². The van der Waals surface area contributed by atoms with Crippen LogP contribution < -0.4 is 25.2 Å². The van der Waals surface area contributed by atoms with E-state index < -0.39 is 40.9 Å². The van der Waals surface area contributed by atoms with Gasteiger partial charge in [-0.2, -0.15) is 22.0 Å². The molecule has 43 heavy (non-hydrogen) atoms. The summed E-state index contributed by atoms with van der Waals surface area (Å²) in [5.74, 6) is -7.09. The van der Waals surface area contributed by atoms with E-state index in [1.807, 2.05) is 30.3 Å². The Morgan fingerprint density at radius 3 is 2.49 bits per heavy atom. The molecule has 1 aliphatic rings. The first-order chi connectivity index (χ1) is 20.4. The van der Waals surface area contributed by atoms with Gasteiger partial charge in [-0.05, 0) is 30.5 Å². The van der Waals surface area contributed by atoms with Gasteiger partial charge in [0, 0.05) is 24.7 Å². The summed E-state index contributed by atoms with van der Waals surface area (Å²) in [5.41, 5.74) is -0.550. The summed E-state index contributed by atoms with van der Waals surface area (Å²) < 4.78 is 81.1. The minimum Gasteiger partial charge on any atom is -0.497 e. The minimum absolute atomic E-state index is 0.105. The van der Waals surface area contributed by atoms with Gasteiger partial charge in [-0.1, -0.05) is 41.7 Å². The number of carbonyl (C=O) groups excluding carboxylic acids is 1. The second-order valence-corrected chi connectivity index (χ2v) is 10.7. The van der Waals surface area contributed by atoms with Crippen LogP contribution in [0.4, 0.5) is 27.1 Å². The van der Waals surface area contributed by atoms with Crippen molar-refractivity contribution in [1.82, 2.24) is 19.9 Å². The first-order valence-electron chi connectivity index (χ1n) is 13.1. The number of aromatic nitrogens is 3. The molecule has 1 saturated heterocycles. The normalized spacial score (nSPS) is 15.6. The number of hydrogen-bond acceptors (Lipinski definition) is 8. The zero-order chi connectivity index (χ0) is 30.9. The number of nitrogens with zero attached hydrogens (tertiary/aromatic N) is 4. The number of benzene rings is 2. The van der Waals surface area contributed by atoms with E-state index in [0.29, 0.717) is 36.5 Å². The predicted molar refractivity (Wildman–Crippen MR) is 149 cm³/mol. The number of alkyl halides is 5. The van der Waals surface area contributed by atoms with Crippen LogP contribution in [0.2, 0.25) is 0 Å². The number of hydrogen-bond donors (Lipinski definition) is 1. The summed E-state index contributed by atoms with van der Waals surface area (Å²) in [6.45, 7) is -0.0656. The number of ether oxygens (including phenoxy) is 2. The number of nitrogens with one attached hydrogen (secondary N) is 1. The largest absolute Gasteiger partial charge is 0.497 e. The van der Waals surface area contributed by atoms with Gasteiger partial charge in [-0.15, -0.1) is 0 Å². The predicted octanol–water partition coefficient (Wildman–Crippen LogP) is 4.86. The molecule has 0 spiro atoms. The number of amides is 1. The molecule has 2 aromatic heterocycles. The van der Waals surface area contributed by atoms with Crippen molar-refractivity contribution >= 4 is 32.7 Å². The Labute approximate surface area is 245 Å². The zero-order valence-corrected chi connectivity index (χ0v) is 23.8. The summed E-state index contributed by atoms with van der Waals surface area (Å²) >= 11 is 0.681. The third kappa shape index (κ3) is 5.85. The molecule has 228 valence electrons. The maximum absolute atomic E-state index is 14.9. The number of fused-ring (bicyclic) bond motifs is 1. The smallest absolute Gasteiger partial charge is 0.461 e. The minimum atomic E-state index is -6.03. The highest BCUT2D eigenvalue weighted by Crippen LogP contribution is 2.44. The lowest BCUT2D eigenvalue weighted by molar-refractivity contribution is -0.293. The third-order valence-corrected chi connectivity index (χ3v) is 8.07. The zero-order valence-electron chi connectivity index (χ0n) is 23.0. The molecule has 1 atom stereocenters. The summed E-state index contributed by atoms with van der Waals surface area (Å²) in [4.78, 5) is 35.8. The first-order valence-corrected chi connectivity index (χ1v) is 13.9. The molecule has 1 unspecified atom stereocenters. The molecule has 1 fully saturated rings. The molecule has 0 bridgehead atoms. The first kappa shape index (κ1) is 30.2. The Kier molecular flexibility index (Phi) is 8.27. The van der Waals surface area contributed by atoms with Gasteiger partial charge in [0.2, 0.25) is 5.91 Å². The molecule has 2 aromatic carbocycles. The van der Waals surface area contributed by atoms with E-state index in [0.717, 1.165) is 5.56 Å². The summed E-state index contributed by atoms with van der Waals surface area (Å²) in [7, 11) is 2.67. The third-order valence-electron chi connectivity index (χ3n) is 7.08. The van der Waals surface area contributed by atoms with Crippen molar-refractivity contribution in [3.05, 3.63) is 75.8 Å². The van der Waals surface area contributed by atoms with E-state index >= 15 is 0 Å². The summed E-state index contributed by atoms with van der Waals surface area (Å²) in [6, 6.07) is 12.8. The van der Waals surface area contributed by atoms with Crippen molar-refractivity contribution in [3.8, 4) is 11.5 Å². The Balaban J connectivity index is 1.54. The lowest BCUT2D eigenvalue weighted by Gasteiger charge is -2.23. The van der Waals surface area contributed by atoms with Crippen molar-refractivity contribution in [2.45, 2.75) is 44.1 Å². The van der Waals surface area contributed by atoms with Crippen molar-refractivity contribution in [2.75, 3.05) is 25.7 Å².